The van der Waals surface area contributed by atoms with Crippen LogP contribution in [0, 0.1) is 0 Å². The Morgan fingerprint density at radius 2 is 1.30 bits per heavy atom. The molecule has 0 saturated carbocycles. The van der Waals surface area contributed by atoms with Crippen molar-refractivity contribution < 1.29 is 9.60 Å². The maximum absolute atomic E-state index is 8.73. The summed E-state index contributed by atoms with van der Waals surface area (Å²) in [6.45, 7) is 0. The highest BCUT2D eigenvalue weighted by atomic mass is 79.9. The van der Waals surface area contributed by atoms with Crippen LogP contribution >= 0.6 is 15.9 Å². The van der Waals surface area contributed by atoms with Crippen molar-refractivity contribution in [3.63, 3.8) is 0 Å². The number of rotatable bonds is 1. The van der Waals surface area contributed by atoms with Crippen molar-refractivity contribution in [3.8, 4) is 11.1 Å². The van der Waals surface area contributed by atoms with Crippen molar-refractivity contribution in [1.82, 2.24) is 0 Å². The largest absolute Gasteiger partial charge is 0.0635 e. The summed E-state index contributed by atoms with van der Waals surface area (Å²) >= 11 is 3.32. The fourth-order valence-corrected chi connectivity index (χ4v) is 3.46. The van der Waals surface area contributed by atoms with Gasteiger partial charge in [-0.25, -0.2) is 0 Å². The number of hydrogen-bond acceptors (Lipinski definition) is 0. The van der Waals surface area contributed by atoms with Gasteiger partial charge in [-0.3, -0.25) is 0 Å². The molecule has 0 unspecified atom stereocenters. The average molecular weight is 364 g/mol. The molecule has 1 heteroatoms. The smallest absolute Gasteiger partial charge is 0.0622 e. The van der Waals surface area contributed by atoms with Crippen LogP contribution in [0.15, 0.2) is 83.2 Å². The van der Waals surface area contributed by atoms with Gasteiger partial charge >= 0.3 is 0 Å². The van der Waals surface area contributed by atoms with Crippen LogP contribution in [-0.4, -0.2) is 0 Å². The second kappa shape index (κ2) is 4.81. The normalized spacial score (nSPS) is 16.0. The van der Waals surface area contributed by atoms with E-state index in [9.17, 15) is 0 Å². The van der Waals surface area contributed by atoms with E-state index in [4.69, 9.17) is 9.60 Å². The lowest BCUT2D eigenvalue weighted by Crippen LogP contribution is -1.87. The summed E-state index contributed by atoms with van der Waals surface area (Å²) in [6, 6.07) is 9.92. The highest BCUT2D eigenvalue weighted by molar-refractivity contribution is 9.10. The molecular weight excluding hydrogens is 344 g/mol. The molecule has 0 heterocycles. The lowest BCUT2D eigenvalue weighted by Gasteiger charge is -2.14. The predicted octanol–water partition coefficient (Wildman–Crippen LogP) is 7.01. The molecule has 5 aromatic carbocycles. The molecule has 23 heavy (non-hydrogen) atoms. The molecule has 0 saturated heterocycles. The third kappa shape index (κ3) is 1.83. The van der Waals surface area contributed by atoms with Gasteiger partial charge in [0.2, 0.25) is 0 Å². The molecule has 0 aromatic heterocycles. The van der Waals surface area contributed by atoms with Crippen molar-refractivity contribution in [2.24, 2.45) is 0 Å². The van der Waals surface area contributed by atoms with Crippen LogP contribution in [0.5, 0.6) is 0 Å². The SMILES string of the molecule is [2H]c1c([2H])c2c([2H])c([2H])c3c(-c4ccccc4)cc([2H])c4c([2H])c([2H])c(c1Br)c2c43. The molecule has 0 nitrogen and oxygen atoms in total. The summed E-state index contributed by atoms with van der Waals surface area (Å²) in [5, 5.41) is 1.85. The average Bonchev–Trinajstić information content (AvgIpc) is 2.74. The number of hydrogen-bond donors (Lipinski definition) is 0. The molecule has 0 fully saturated rings. The summed E-state index contributed by atoms with van der Waals surface area (Å²) < 4.78 is 59.9. The van der Waals surface area contributed by atoms with Crippen LogP contribution in [0.2, 0.25) is 0 Å². The van der Waals surface area contributed by atoms with E-state index in [1.165, 1.54) is 0 Å². The van der Waals surface area contributed by atoms with Crippen LogP contribution in [0.4, 0.5) is 0 Å². The molecule has 0 bridgehead atoms. The van der Waals surface area contributed by atoms with Gasteiger partial charge < -0.3 is 0 Å². The quantitative estimate of drug-likeness (QED) is 0.281. The minimum absolute atomic E-state index is 0.0535. The van der Waals surface area contributed by atoms with Crippen molar-refractivity contribution in [2.45, 2.75) is 0 Å². The maximum atomic E-state index is 8.73. The van der Waals surface area contributed by atoms with E-state index in [-0.39, 0.29) is 62.9 Å². The Morgan fingerprint density at radius 3 is 2.13 bits per heavy atom. The zero-order valence-corrected chi connectivity index (χ0v) is 13.4. The molecule has 0 spiro atoms. The summed E-state index contributed by atoms with van der Waals surface area (Å²) in [6.07, 6.45) is 0. The van der Waals surface area contributed by atoms with E-state index >= 15 is 0 Å². The fraction of sp³-hybridized carbons (Fsp3) is 0. The van der Waals surface area contributed by atoms with Crippen LogP contribution in [0.25, 0.3) is 43.4 Å². The first-order valence-corrected chi connectivity index (χ1v) is 7.97. The minimum atomic E-state index is -0.204. The van der Waals surface area contributed by atoms with E-state index in [1.807, 2.05) is 30.3 Å². The molecular formula is C22H13Br. The Bertz CT molecular complexity index is 1490. The van der Waals surface area contributed by atoms with Gasteiger partial charge in [0.1, 0.15) is 0 Å². The van der Waals surface area contributed by atoms with Crippen LogP contribution in [0.1, 0.15) is 9.60 Å². The molecule has 0 N–H and O–H groups in total. The Morgan fingerprint density at radius 1 is 0.652 bits per heavy atom. The van der Waals surface area contributed by atoms with Gasteiger partial charge in [-0.2, -0.15) is 0 Å². The third-order valence-corrected chi connectivity index (χ3v) is 4.70. The Balaban J connectivity index is 2.23. The summed E-state index contributed by atoms with van der Waals surface area (Å²) in [5.41, 5.74) is 1.38. The van der Waals surface area contributed by atoms with Crippen molar-refractivity contribution in [3.05, 3.63) is 83.2 Å². The van der Waals surface area contributed by atoms with E-state index < -0.39 is 0 Å². The monoisotopic (exact) mass is 363 g/mol. The molecule has 0 radical (unpaired) electrons. The van der Waals surface area contributed by atoms with Gasteiger partial charge in [-0.05, 0) is 49.5 Å². The lowest BCUT2D eigenvalue weighted by molar-refractivity contribution is 1.66. The molecule has 0 aliphatic heterocycles. The van der Waals surface area contributed by atoms with Crippen LogP contribution in [-0.2, 0) is 0 Å². The molecule has 108 valence electrons. The van der Waals surface area contributed by atoms with Crippen LogP contribution < -0.4 is 0 Å². The van der Waals surface area contributed by atoms with Gasteiger partial charge in [-0.1, -0.05) is 88.6 Å². The van der Waals surface area contributed by atoms with E-state index in [0.29, 0.717) is 21.7 Å². The van der Waals surface area contributed by atoms with Crippen molar-refractivity contribution in [2.75, 3.05) is 0 Å². The van der Waals surface area contributed by atoms with Crippen LogP contribution in [0.3, 0.4) is 0 Å². The topological polar surface area (TPSA) is 0 Å². The third-order valence-electron chi connectivity index (χ3n) is 4.11. The zero-order valence-electron chi connectivity index (χ0n) is 18.8. The van der Waals surface area contributed by atoms with E-state index in [0.717, 1.165) is 5.56 Å². The summed E-state index contributed by atoms with van der Waals surface area (Å²) in [4.78, 5) is 0. The standard InChI is InChI=1S/C22H13Br/c23-20-13-9-16-7-11-18-17(14-4-2-1-3-5-14)10-6-15-8-12-19(20)22(16)21(15)18/h1-13H/i6D,7D,8D,9D,11D,12D,13D. The minimum Gasteiger partial charge on any atom is -0.0622 e. The van der Waals surface area contributed by atoms with E-state index in [1.54, 1.807) is 6.07 Å². The highest BCUT2D eigenvalue weighted by Crippen LogP contribution is 2.40. The molecule has 5 rings (SSSR count). The van der Waals surface area contributed by atoms with Gasteiger partial charge in [0, 0.05) is 4.47 Å². The maximum Gasteiger partial charge on any atom is 0.0635 e. The highest BCUT2D eigenvalue weighted by Gasteiger charge is 2.12. The second-order valence-corrected chi connectivity index (χ2v) is 6.18. The predicted molar refractivity (Wildman–Crippen MR) is 103 cm³/mol. The summed E-state index contributed by atoms with van der Waals surface area (Å²) in [7, 11) is 0. The van der Waals surface area contributed by atoms with Gasteiger partial charge in [0.15, 0.2) is 0 Å². The first-order valence-electron chi connectivity index (χ1n) is 10.7. The van der Waals surface area contributed by atoms with Crippen molar-refractivity contribution in [1.29, 1.82) is 0 Å². The number of halogens is 1. The lowest BCUT2D eigenvalue weighted by atomic mass is 9.90. The molecule has 0 aliphatic carbocycles. The number of benzene rings is 5. The molecule has 0 amide bonds. The summed E-state index contributed by atoms with van der Waals surface area (Å²) in [5.74, 6) is 0. The van der Waals surface area contributed by atoms with E-state index in [2.05, 4.69) is 15.9 Å². The Labute approximate surface area is 152 Å². The van der Waals surface area contributed by atoms with Gasteiger partial charge in [-0.15, -0.1) is 0 Å². The first kappa shape index (κ1) is 7.94. The molecule has 0 aliphatic rings. The fourth-order valence-electron chi connectivity index (χ4n) is 3.06. The first-order chi connectivity index (χ1) is 14.3. The van der Waals surface area contributed by atoms with Crippen molar-refractivity contribution >= 4 is 48.2 Å². The Hall–Kier alpha value is -2.38. The van der Waals surface area contributed by atoms with Gasteiger partial charge in [0.25, 0.3) is 0 Å². The molecule has 5 aromatic rings. The van der Waals surface area contributed by atoms with Gasteiger partial charge in [0.05, 0.1) is 9.60 Å². The molecule has 0 atom stereocenters. The Kier molecular flexibility index (Phi) is 1.66. The second-order valence-electron chi connectivity index (χ2n) is 5.38. The zero-order chi connectivity index (χ0) is 21.5.